The number of carbonyl (C=O) groups excluding carboxylic acids is 2. The van der Waals surface area contributed by atoms with Crippen molar-refractivity contribution < 1.29 is 35.9 Å². The predicted octanol–water partition coefficient (Wildman–Crippen LogP) is 5.96. The number of benzene rings is 4. The average molecular weight is 673 g/mol. The molecule has 0 saturated heterocycles. The van der Waals surface area contributed by atoms with Gasteiger partial charge in [0.15, 0.2) is 6.61 Å². The molecular formula is C32H28ClF3N4O5S. The smallest absolute Gasteiger partial charge is 0.417 e. The van der Waals surface area contributed by atoms with Gasteiger partial charge in [-0.1, -0.05) is 60.1 Å². The molecule has 0 heterocycles. The van der Waals surface area contributed by atoms with Crippen LogP contribution in [0, 0.1) is 0 Å². The molecule has 14 heteroatoms. The first-order chi connectivity index (χ1) is 21.8. The Morgan fingerprint density at radius 3 is 2.20 bits per heavy atom. The van der Waals surface area contributed by atoms with Crippen LogP contribution in [0.5, 0.6) is 5.75 Å². The van der Waals surface area contributed by atoms with Gasteiger partial charge in [-0.3, -0.25) is 13.9 Å². The van der Waals surface area contributed by atoms with Gasteiger partial charge < -0.3 is 10.1 Å². The van der Waals surface area contributed by atoms with Crippen molar-refractivity contribution in [2.75, 3.05) is 17.5 Å². The largest absolute Gasteiger partial charge is 0.484 e. The molecule has 9 nitrogen and oxygen atoms in total. The van der Waals surface area contributed by atoms with Crippen LogP contribution in [0.4, 0.5) is 18.9 Å². The van der Waals surface area contributed by atoms with Crippen LogP contribution in [0.2, 0.25) is 5.02 Å². The Kier molecular flexibility index (Phi) is 11.0. The molecule has 0 aliphatic carbocycles. The van der Waals surface area contributed by atoms with Crippen molar-refractivity contribution >= 4 is 45.3 Å². The standard InChI is InChI=1S/C32H28ClF3N4O5S/c1-22(24-8-4-2-5-9-24)38-31(42)21-45-26-15-12-23(13-16-26)19-37-39-30(41)20-40(46(43,44)27-10-6-3-7-11-27)25-14-17-29(33)28(18-25)32(34,35)36/h2-19,22H,20-21H2,1H3,(H,38,42)(H,39,41)/b37-19-/t22-/m0/s1. The van der Waals surface area contributed by atoms with E-state index in [9.17, 15) is 31.2 Å². The second-order valence-corrected chi connectivity index (χ2v) is 12.1. The third kappa shape index (κ3) is 9.08. The Morgan fingerprint density at radius 2 is 1.57 bits per heavy atom. The van der Waals surface area contributed by atoms with E-state index < -0.39 is 44.9 Å². The Morgan fingerprint density at radius 1 is 0.935 bits per heavy atom. The van der Waals surface area contributed by atoms with Crippen molar-refractivity contribution in [3.05, 3.63) is 125 Å². The number of anilines is 1. The summed E-state index contributed by atoms with van der Waals surface area (Å²) in [5.41, 5.74) is 2.00. The number of halogens is 4. The molecule has 2 N–H and O–H groups in total. The predicted molar refractivity (Wildman–Crippen MR) is 168 cm³/mol. The summed E-state index contributed by atoms with van der Waals surface area (Å²) in [5.74, 6) is -0.817. The van der Waals surface area contributed by atoms with E-state index in [0.717, 1.165) is 17.7 Å². The number of rotatable bonds is 12. The Hall–Kier alpha value is -4.88. The number of carbonyl (C=O) groups is 2. The first-order valence-electron chi connectivity index (χ1n) is 13.7. The van der Waals surface area contributed by atoms with Crippen LogP contribution in [0.25, 0.3) is 0 Å². The highest BCUT2D eigenvalue weighted by Gasteiger charge is 2.35. The molecule has 0 aromatic heterocycles. The van der Waals surface area contributed by atoms with E-state index in [0.29, 0.717) is 21.7 Å². The lowest BCUT2D eigenvalue weighted by Gasteiger charge is -2.24. The zero-order chi connectivity index (χ0) is 33.3. The van der Waals surface area contributed by atoms with Crippen LogP contribution >= 0.6 is 11.6 Å². The van der Waals surface area contributed by atoms with Gasteiger partial charge in [0.25, 0.3) is 21.8 Å². The van der Waals surface area contributed by atoms with Crippen LogP contribution in [0.1, 0.15) is 29.7 Å². The molecule has 4 rings (SSSR count). The van der Waals surface area contributed by atoms with Gasteiger partial charge in [0.05, 0.1) is 33.4 Å². The highest BCUT2D eigenvalue weighted by Crippen LogP contribution is 2.38. The molecule has 4 aromatic rings. The number of nitrogens with one attached hydrogen (secondary N) is 2. The third-order valence-electron chi connectivity index (χ3n) is 6.49. The minimum Gasteiger partial charge on any atom is -0.484 e. The Balaban J connectivity index is 1.39. The summed E-state index contributed by atoms with van der Waals surface area (Å²) in [6, 6.07) is 25.2. The van der Waals surface area contributed by atoms with Crippen LogP contribution in [0.3, 0.4) is 0 Å². The minimum atomic E-state index is -4.87. The van der Waals surface area contributed by atoms with Crippen molar-refractivity contribution in [2.24, 2.45) is 5.10 Å². The lowest BCUT2D eigenvalue weighted by atomic mass is 10.1. The highest BCUT2D eigenvalue weighted by atomic mass is 35.5. The molecule has 0 aliphatic heterocycles. The van der Waals surface area contributed by atoms with Gasteiger partial charge in [-0.05, 0) is 72.6 Å². The summed E-state index contributed by atoms with van der Waals surface area (Å²) in [7, 11) is -4.47. The van der Waals surface area contributed by atoms with E-state index >= 15 is 0 Å². The van der Waals surface area contributed by atoms with E-state index in [4.69, 9.17) is 16.3 Å². The second kappa shape index (κ2) is 14.9. The SMILES string of the molecule is C[C@H](NC(=O)COc1ccc(/C=N\NC(=O)CN(c2ccc(Cl)c(C(F)(F)F)c2)S(=O)(=O)c2ccccc2)cc1)c1ccccc1. The molecule has 0 fully saturated rings. The lowest BCUT2D eigenvalue weighted by Crippen LogP contribution is -2.39. The molecule has 0 bridgehead atoms. The summed E-state index contributed by atoms with van der Waals surface area (Å²) in [6.07, 6.45) is -3.59. The maximum Gasteiger partial charge on any atom is 0.417 e. The van der Waals surface area contributed by atoms with Crippen LogP contribution in [0.15, 0.2) is 113 Å². The quantitative estimate of drug-likeness (QED) is 0.142. The molecule has 0 unspecified atom stereocenters. The highest BCUT2D eigenvalue weighted by molar-refractivity contribution is 7.92. The number of amides is 2. The van der Waals surface area contributed by atoms with E-state index in [-0.39, 0.29) is 23.5 Å². The number of sulfonamides is 1. The molecule has 0 spiro atoms. The summed E-state index contributed by atoms with van der Waals surface area (Å²) >= 11 is 5.72. The van der Waals surface area contributed by atoms with E-state index in [1.807, 2.05) is 37.3 Å². The fourth-order valence-electron chi connectivity index (χ4n) is 4.17. The topological polar surface area (TPSA) is 117 Å². The van der Waals surface area contributed by atoms with Crippen LogP contribution < -0.4 is 19.8 Å². The Labute approximate surface area is 268 Å². The zero-order valence-corrected chi connectivity index (χ0v) is 25.8. The van der Waals surface area contributed by atoms with Crippen molar-refractivity contribution in [1.29, 1.82) is 0 Å². The molecule has 4 aromatic carbocycles. The zero-order valence-electron chi connectivity index (χ0n) is 24.2. The van der Waals surface area contributed by atoms with Gasteiger partial charge in [-0.25, -0.2) is 13.8 Å². The van der Waals surface area contributed by atoms with Gasteiger partial charge in [0, 0.05) is 0 Å². The van der Waals surface area contributed by atoms with Gasteiger partial charge >= 0.3 is 6.18 Å². The molecular weight excluding hydrogens is 645 g/mol. The first kappa shape index (κ1) is 34.0. The number of nitrogens with zero attached hydrogens (tertiary/aromatic N) is 2. The van der Waals surface area contributed by atoms with E-state index in [1.54, 1.807) is 30.3 Å². The van der Waals surface area contributed by atoms with Crippen molar-refractivity contribution in [3.63, 3.8) is 0 Å². The normalized spacial score (nSPS) is 12.4. The minimum absolute atomic E-state index is 0.194. The summed E-state index contributed by atoms with van der Waals surface area (Å²) in [6.45, 7) is 0.771. The third-order valence-corrected chi connectivity index (χ3v) is 8.61. The number of ether oxygens (including phenoxy) is 1. The van der Waals surface area contributed by atoms with Crippen LogP contribution in [-0.2, 0) is 25.8 Å². The summed E-state index contributed by atoms with van der Waals surface area (Å²) in [4.78, 5) is 24.8. The number of hydrogen-bond donors (Lipinski definition) is 2. The average Bonchev–Trinajstić information content (AvgIpc) is 3.04. The monoisotopic (exact) mass is 672 g/mol. The Bertz CT molecular complexity index is 1790. The summed E-state index contributed by atoms with van der Waals surface area (Å²) in [5, 5.41) is 6.05. The molecule has 0 radical (unpaired) electrons. The molecule has 0 saturated carbocycles. The lowest BCUT2D eigenvalue weighted by molar-refractivity contribution is -0.137. The number of hydrogen-bond acceptors (Lipinski definition) is 6. The molecule has 2 amide bonds. The van der Waals surface area contributed by atoms with Crippen molar-refractivity contribution in [1.82, 2.24) is 10.7 Å². The van der Waals surface area contributed by atoms with Gasteiger partial charge in [-0.15, -0.1) is 0 Å². The molecule has 0 aliphatic rings. The van der Waals surface area contributed by atoms with E-state index in [2.05, 4.69) is 15.8 Å². The van der Waals surface area contributed by atoms with E-state index in [1.165, 1.54) is 30.5 Å². The fourth-order valence-corrected chi connectivity index (χ4v) is 5.83. The summed E-state index contributed by atoms with van der Waals surface area (Å²) < 4.78 is 73.5. The maximum absolute atomic E-state index is 13.5. The molecule has 1 atom stereocenters. The fraction of sp³-hybridized carbons (Fsp3) is 0.156. The number of hydrazone groups is 1. The van der Waals surface area contributed by atoms with Crippen molar-refractivity contribution in [2.45, 2.75) is 24.0 Å². The van der Waals surface area contributed by atoms with Crippen molar-refractivity contribution in [3.8, 4) is 5.75 Å². The molecule has 46 heavy (non-hydrogen) atoms. The number of alkyl halides is 3. The van der Waals surface area contributed by atoms with Gasteiger partial charge in [-0.2, -0.15) is 18.3 Å². The van der Waals surface area contributed by atoms with Gasteiger partial charge in [0.2, 0.25) is 0 Å². The molecule has 240 valence electrons. The maximum atomic E-state index is 13.5. The van der Waals surface area contributed by atoms with Crippen LogP contribution in [-0.4, -0.2) is 39.6 Å². The second-order valence-electron chi connectivity index (χ2n) is 9.84. The first-order valence-corrected chi connectivity index (χ1v) is 15.5. The van der Waals surface area contributed by atoms with Gasteiger partial charge in [0.1, 0.15) is 12.3 Å².